The predicted octanol–water partition coefficient (Wildman–Crippen LogP) is 6.50. The van der Waals surface area contributed by atoms with E-state index >= 15 is 0 Å². The smallest absolute Gasteiger partial charge is 0.180 e. The van der Waals surface area contributed by atoms with Crippen LogP contribution in [0.4, 0.5) is 4.39 Å². The first-order chi connectivity index (χ1) is 17.4. The van der Waals surface area contributed by atoms with Crippen molar-refractivity contribution in [3.8, 4) is 11.5 Å². The van der Waals surface area contributed by atoms with Crippen molar-refractivity contribution in [2.24, 2.45) is 0 Å². The number of benzene rings is 2. The Hall–Kier alpha value is -3.12. The number of halogens is 2. The molecule has 3 aliphatic rings. The third-order valence-corrected chi connectivity index (χ3v) is 7.54. The summed E-state index contributed by atoms with van der Waals surface area (Å²) in [6.45, 7) is 2.91. The lowest BCUT2D eigenvalue weighted by atomic mass is 9.71. The Kier molecular flexibility index (Phi) is 6.89. The van der Waals surface area contributed by atoms with Crippen LogP contribution in [0, 0.1) is 5.82 Å². The minimum Gasteiger partial charge on any atom is -0.493 e. The molecule has 0 amide bonds. The maximum Gasteiger partial charge on any atom is 0.180 e. The molecule has 0 saturated carbocycles. The second kappa shape index (κ2) is 10.1. The van der Waals surface area contributed by atoms with Gasteiger partial charge in [-0.05, 0) is 68.0 Å². The molecule has 2 aromatic rings. The van der Waals surface area contributed by atoms with Gasteiger partial charge in [0.1, 0.15) is 12.4 Å². The van der Waals surface area contributed by atoms with Crippen molar-refractivity contribution in [1.82, 2.24) is 4.90 Å². The van der Waals surface area contributed by atoms with Gasteiger partial charge in [0.25, 0.3) is 0 Å². The average molecular weight is 510 g/mol. The van der Waals surface area contributed by atoms with Crippen molar-refractivity contribution in [3.63, 3.8) is 0 Å². The molecule has 0 fully saturated rings. The van der Waals surface area contributed by atoms with Crippen LogP contribution in [0.3, 0.4) is 0 Å². The fraction of sp³-hybridized carbons (Fsp3) is 0.379. The number of Topliss-reactive ketones (excluding diaryl/α,β-unsaturated/α-hetero) is 2. The van der Waals surface area contributed by atoms with Gasteiger partial charge in [-0.3, -0.25) is 9.59 Å². The molecule has 5 rings (SSSR count). The Morgan fingerprint density at radius 1 is 1.00 bits per heavy atom. The number of carbonyl (C=O) groups is 2. The van der Waals surface area contributed by atoms with Crippen LogP contribution < -0.4 is 9.47 Å². The first-order valence-corrected chi connectivity index (χ1v) is 12.8. The molecule has 0 N–H and O–H groups in total. The molecule has 2 aliphatic carbocycles. The van der Waals surface area contributed by atoms with E-state index in [1.165, 1.54) is 19.2 Å². The summed E-state index contributed by atoms with van der Waals surface area (Å²) < 4.78 is 25.2. The third-order valence-electron chi connectivity index (χ3n) is 7.26. The summed E-state index contributed by atoms with van der Waals surface area (Å²) in [6, 6.07) is 9.76. The molecule has 1 aliphatic heterocycles. The number of nitrogens with zero attached hydrogens (tertiary/aromatic N) is 1. The lowest BCUT2D eigenvalue weighted by Gasteiger charge is -2.43. The lowest BCUT2D eigenvalue weighted by Crippen LogP contribution is -2.39. The Morgan fingerprint density at radius 3 is 2.25 bits per heavy atom. The first-order valence-electron chi connectivity index (χ1n) is 12.5. The molecule has 5 nitrogen and oxygen atoms in total. The highest BCUT2D eigenvalue weighted by molar-refractivity contribution is 6.32. The molecule has 0 bridgehead atoms. The highest BCUT2D eigenvalue weighted by Crippen LogP contribution is 2.51. The van der Waals surface area contributed by atoms with Gasteiger partial charge in [0.05, 0.1) is 12.1 Å². The van der Waals surface area contributed by atoms with Crippen molar-refractivity contribution in [2.45, 2.75) is 58.0 Å². The van der Waals surface area contributed by atoms with Gasteiger partial charge in [0.2, 0.25) is 0 Å². The number of hydrogen-bond donors (Lipinski definition) is 0. The van der Waals surface area contributed by atoms with E-state index in [2.05, 4.69) is 11.8 Å². The van der Waals surface area contributed by atoms with Crippen LogP contribution in [0.15, 0.2) is 58.9 Å². The Balaban J connectivity index is 1.59. The SMILES string of the molecule is CCN1C2=C(C(=O)CCC2)C(c2cc(Cl)c(OCc3cccc(F)c3)c(OC)c2)C2=C1CCCC2=O. The predicted molar refractivity (Wildman–Crippen MR) is 136 cm³/mol. The number of methoxy groups -OCH3 is 1. The Bertz CT molecular complexity index is 1250. The number of rotatable bonds is 6. The molecule has 0 radical (unpaired) electrons. The van der Waals surface area contributed by atoms with Gasteiger partial charge in [-0.25, -0.2) is 4.39 Å². The molecule has 36 heavy (non-hydrogen) atoms. The van der Waals surface area contributed by atoms with Gasteiger partial charge in [0.15, 0.2) is 23.1 Å². The standard InChI is InChI=1S/C29H29ClFNO4/c1-3-32-21-9-5-11-23(33)27(21)26(28-22(32)10-6-12-24(28)34)18-14-20(30)29(25(15-18)35-2)36-16-17-7-4-8-19(31)13-17/h4,7-8,13-15,26H,3,5-6,9-12,16H2,1-2H3. The van der Waals surface area contributed by atoms with Crippen molar-refractivity contribution in [1.29, 1.82) is 0 Å². The minimum atomic E-state index is -0.470. The second-order valence-corrected chi connectivity index (χ2v) is 9.81. The van der Waals surface area contributed by atoms with E-state index in [1.807, 2.05) is 6.07 Å². The zero-order valence-electron chi connectivity index (χ0n) is 20.5. The van der Waals surface area contributed by atoms with Gasteiger partial charge in [0, 0.05) is 47.8 Å². The van der Waals surface area contributed by atoms with Crippen LogP contribution >= 0.6 is 11.6 Å². The zero-order valence-corrected chi connectivity index (χ0v) is 21.3. The van der Waals surface area contributed by atoms with Crippen molar-refractivity contribution < 1.29 is 23.5 Å². The molecule has 188 valence electrons. The molecule has 2 aromatic carbocycles. The number of carbonyl (C=O) groups excluding carboxylic acids is 2. The monoisotopic (exact) mass is 509 g/mol. The molecule has 0 saturated heterocycles. The van der Waals surface area contributed by atoms with E-state index in [0.29, 0.717) is 46.1 Å². The van der Waals surface area contributed by atoms with E-state index in [9.17, 15) is 14.0 Å². The lowest BCUT2D eigenvalue weighted by molar-refractivity contribution is -0.117. The number of hydrogen-bond acceptors (Lipinski definition) is 5. The van der Waals surface area contributed by atoms with Gasteiger partial charge >= 0.3 is 0 Å². The molecule has 1 heterocycles. The summed E-state index contributed by atoms with van der Waals surface area (Å²) in [4.78, 5) is 28.8. The van der Waals surface area contributed by atoms with Crippen LogP contribution in [-0.4, -0.2) is 30.1 Å². The van der Waals surface area contributed by atoms with Gasteiger partial charge in [-0.15, -0.1) is 0 Å². The van der Waals surface area contributed by atoms with Gasteiger partial charge < -0.3 is 14.4 Å². The number of allylic oxidation sites excluding steroid dienone is 4. The Labute approximate surface area is 215 Å². The quantitative estimate of drug-likeness (QED) is 0.445. The van der Waals surface area contributed by atoms with E-state index in [1.54, 1.807) is 18.2 Å². The summed E-state index contributed by atoms with van der Waals surface area (Å²) in [6.07, 6.45) is 4.21. The van der Waals surface area contributed by atoms with E-state index in [4.69, 9.17) is 21.1 Å². The summed E-state index contributed by atoms with van der Waals surface area (Å²) >= 11 is 6.72. The van der Waals surface area contributed by atoms with Crippen LogP contribution in [0.2, 0.25) is 5.02 Å². The fourth-order valence-electron chi connectivity index (χ4n) is 5.76. The normalized spacial score (nSPS) is 18.4. The van der Waals surface area contributed by atoms with Crippen LogP contribution in [-0.2, 0) is 16.2 Å². The number of ketones is 2. The summed E-state index contributed by atoms with van der Waals surface area (Å²) in [5.74, 6) is 0.110. The van der Waals surface area contributed by atoms with Crippen molar-refractivity contribution in [2.75, 3.05) is 13.7 Å². The topological polar surface area (TPSA) is 55.8 Å². The second-order valence-electron chi connectivity index (χ2n) is 9.40. The van der Waals surface area contributed by atoms with Crippen LogP contribution in [0.1, 0.15) is 62.5 Å². The molecule has 0 unspecified atom stereocenters. The van der Waals surface area contributed by atoms with Crippen molar-refractivity contribution in [3.05, 3.63) is 80.9 Å². The number of ether oxygens (including phenoxy) is 2. The minimum absolute atomic E-state index is 0.0890. The summed E-state index contributed by atoms with van der Waals surface area (Å²) in [5.41, 5.74) is 4.90. The highest BCUT2D eigenvalue weighted by atomic mass is 35.5. The average Bonchev–Trinajstić information content (AvgIpc) is 2.86. The van der Waals surface area contributed by atoms with Gasteiger partial charge in [-0.1, -0.05) is 23.7 Å². The van der Waals surface area contributed by atoms with Crippen LogP contribution in [0.5, 0.6) is 11.5 Å². The van der Waals surface area contributed by atoms with E-state index in [0.717, 1.165) is 49.2 Å². The summed E-state index contributed by atoms with van der Waals surface area (Å²) in [7, 11) is 1.52. The van der Waals surface area contributed by atoms with E-state index in [-0.39, 0.29) is 24.0 Å². The molecule has 7 heteroatoms. The molecule has 0 spiro atoms. The van der Waals surface area contributed by atoms with Crippen molar-refractivity contribution >= 4 is 23.2 Å². The molecular weight excluding hydrogens is 481 g/mol. The van der Waals surface area contributed by atoms with Crippen LogP contribution in [0.25, 0.3) is 0 Å². The molecule has 0 atom stereocenters. The third kappa shape index (κ3) is 4.32. The van der Waals surface area contributed by atoms with E-state index < -0.39 is 5.92 Å². The highest BCUT2D eigenvalue weighted by Gasteiger charge is 2.43. The molecular formula is C29H29ClFNO4. The summed E-state index contributed by atoms with van der Waals surface area (Å²) in [5, 5.41) is 0.314. The largest absolute Gasteiger partial charge is 0.493 e. The maximum absolute atomic E-state index is 13.6. The fourth-order valence-corrected chi connectivity index (χ4v) is 6.03. The maximum atomic E-state index is 13.6. The van der Waals surface area contributed by atoms with Gasteiger partial charge in [-0.2, -0.15) is 0 Å². The first kappa shape index (κ1) is 24.6. The molecule has 0 aromatic heterocycles. The Morgan fingerprint density at radius 2 is 1.67 bits per heavy atom. The zero-order chi connectivity index (χ0) is 25.4.